The molecule has 2 aromatic carbocycles. The van der Waals surface area contributed by atoms with Gasteiger partial charge in [0.05, 0.1) is 11.6 Å². The molecule has 1 atom stereocenters. The van der Waals surface area contributed by atoms with Gasteiger partial charge in [0.25, 0.3) is 5.78 Å². The Morgan fingerprint density at radius 3 is 2.46 bits per heavy atom. The molecule has 28 heavy (non-hydrogen) atoms. The van der Waals surface area contributed by atoms with Crippen molar-refractivity contribution in [2.24, 2.45) is 0 Å². The zero-order valence-electron chi connectivity index (χ0n) is 14.2. The number of halogens is 2. The molecule has 140 valence electrons. The number of amides is 1. The summed E-state index contributed by atoms with van der Waals surface area (Å²) in [4.78, 5) is 31.3. The second-order valence-electron chi connectivity index (χ2n) is 6.05. The van der Waals surface area contributed by atoms with Crippen molar-refractivity contribution in [1.82, 2.24) is 4.98 Å². The number of carbonyl (C=O) groups is 2. The first-order chi connectivity index (χ1) is 13.5. The van der Waals surface area contributed by atoms with E-state index in [1.54, 1.807) is 35.8 Å². The van der Waals surface area contributed by atoms with E-state index in [0.29, 0.717) is 16.3 Å². The van der Waals surface area contributed by atoms with Crippen molar-refractivity contribution in [1.29, 1.82) is 0 Å². The van der Waals surface area contributed by atoms with Gasteiger partial charge >= 0.3 is 5.91 Å². The van der Waals surface area contributed by atoms with Crippen LogP contribution in [-0.2, 0) is 9.59 Å². The summed E-state index contributed by atoms with van der Waals surface area (Å²) >= 11 is 8.05. The van der Waals surface area contributed by atoms with Crippen LogP contribution in [0.3, 0.4) is 0 Å². The van der Waals surface area contributed by atoms with Crippen molar-refractivity contribution >= 4 is 65.8 Å². The van der Waals surface area contributed by atoms with Gasteiger partial charge < -0.3 is 5.11 Å². The maximum absolute atomic E-state index is 12.9. The lowest BCUT2D eigenvalue weighted by atomic mass is 9.95. The lowest BCUT2D eigenvalue weighted by Gasteiger charge is -2.23. The number of hydrogen-bond donors (Lipinski definition) is 1. The van der Waals surface area contributed by atoms with Crippen LogP contribution in [0.2, 0.25) is 0 Å². The van der Waals surface area contributed by atoms with Gasteiger partial charge in [-0.15, -0.1) is 11.3 Å². The molecule has 1 aliphatic rings. The first-order valence-electron chi connectivity index (χ1n) is 8.19. The van der Waals surface area contributed by atoms with E-state index in [1.165, 1.54) is 16.2 Å². The Morgan fingerprint density at radius 1 is 1.07 bits per heavy atom. The monoisotopic (exact) mass is 518 g/mol. The highest BCUT2D eigenvalue weighted by Gasteiger charge is 2.47. The van der Waals surface area contributed by atoms with E-state index in [4.69, 9.17) is 0 Å². The zero-order valence-corrected chi connectivity index (χ0v) is 18.2. The van der Waals surface area contributed by atoms with Gasteiger partial charge in [-0.05, 0) is 29.8 Å². The van der Waals surface area contributed by atoms with Crippen LogP contribution >= 0.6 is 43.2 Å². The predicted molar refractivity (Wildman–Crippen MR) is 115 cm³/mol. The molecule has 1 saturated heterocycles. The molecule has 0 aliphatic carbocycles. The summed E-state index contributed by atoms with van der Waals surface area (Å²) in [6.07, 6.45) is 1.58. The summed E-state index contributed by atoms with van der Waals surface area (Å²) < 4.78 is 1.65. The van der Waals surface area contributed by atoms with Crippen LogP contribution in [0, 0.1) is 0 Å². The molecule has 2 heterocycles. The van der Waals surface area contributed by atoms with Gasteiger partial charge in [-0.2, -0.15) is 0 Å². The van der Waals surface area contributed by atoms with Gasteiger partial charge in [0.15, 0.2) is 5.13 Å². The largest absolute Gasteiger partial charge is 0.507 e. The molecule has 1 fully saturated rings. The number of benzene rings is 2. The molecule has 0 spiro atoms. The molecular formula is C20H12Br2N2O3S. The normalized spacial score (nSPS) is 18.6. The number of rotatable bonds is 3. The molecule has 4 rings (SSSR count). The van der Waals surface area contributed by atoms with Crippen LogP contribution in [0.5, 0.6) is 0 Å². The van der Waals surface area contributed by atoms with Crippen LogP contribution in [0.15, 0.2) is 74.6 Å². The van der Waals surface area contributed by atoms with E-state index < -0.39 is 17.7 Å². The number of thiazole rings is 1. The SMILES string of the molecule is O=C1C(=O)N(c2nccs2)[C@@H](c2cccc(Br)c2)/C1=C(\O)c1ccc(Br)cc1. The number of ketones is 1. The van der Waals surface area contributed by atoms with Crippen molar-refractivity contribution in [2.75, 3.05) is 4.90 Å². The quantitative estimate of drug-likeness (QED) is 0.290. The molecule has 8 heteroatoms. The summed E-state index contributed by atoms with van der Waals surface area (Å²) in [6.45, 7) is 0. The highest BCUT2D eigenvalue weighted by Crippen LogP contribution is 2.43. The van der Waals surface area contributed by atoms with E-state index in [1.807, 2.05) is 24.3 Å². The summed E-state index contributed by atoms with van der Waals surface area (Å²) in [5, 5.41) is 13.1. The fraction of sp³-hybridized carbons (Fsp3) is 0.0500. The first kappa shape index (κ1) is 19.0. The van der Waals surface area contributed by atoms with Crippen LogP contribution in [0.4, 0.5) is 5.13 Å². The summed E-state index contributed by atoms with van der Waals surface area (Å²) in [5.41, 5.74) is 1.20. The minimum atomic E-state index is -0.771. The molecule has 1 amide bonds. The Morgan fingerprint density at radius 2 is 1.82 bits per heavy atom. The molecule has 3 aromatic rings. The Labute approximate surface area is 181 Å². The van der Waals surface area contributed by atoms with Crippen LogP contribution in [0.25, 0.3) is 5.76 Å². The molecular weight excluding hydrogens is 508 g/mol. The van der Waals surface area contributed by atoms with Gasteiger partial charge in [-0.3, -0.25) is 14.5 Å². The maximum atomic E-state index is 12.9. The van der Waals surface area contributed by atoms with Crippen LogP contribution in [0.1, 0.15) is 17.2 Å². The lowest BCUT2D eigenvalue weighted by molar-refractivity contribution is -0.132. The molecule has 0 unspecified atom stereocenters. The average Bonchev–Trinajstić information content (AvgIpc) is 3.29. The van der Waals surface area contributed by atoms with Gasteiger partial charge in [0, 0.05) is 26.1 Å². The fourth-order valence-corrected chi connectivity index (χ4v) is 4.47. The van der Waals surface area contributed by atoms with Crippen LogP contribution < -0.4 is 4.90 Å². The highest BCUT2D eigenvalue weighted by atomic mass is 79.9. The number of aromatic nitrogens is 1. The first-order valence-corrected chi connectivity index (χ1v) is 10.7. The fourth-order valence-electron chi connectivity index (χ4n) is 3.12. The second-order valence-corrected chi connectivity index (χ2v) is 8.75. The van der Waals surface area contributed by atoms with E-state index in [2.05, 4.69) is 36.8 Å². The number of carbonyl (C=O) groups excluding carboxylic acids is 2. The third-order valence-corrected chi connectivity index (χ3v) is 6.14. The van der Waals surface area contributed by atoms with Gasteiger partial charge in [-0.1, -0.05) is 56.1 Å². The standard InChI is InChI=1S/C20H12Br2N2O3S/c21-13-6-4-11(5-7-13)17(25)15-16(12-2-1-3-14(22)10-12)24(19(27)18(15)26)20-23-8-9-28-20/h1-10,16,25H/b17-15+/t16-/m0/s1. The second kappa shape index (κ2) is 7.62. The van der Waals surface area contributed by atoms with Crippen molar-refractivity contribution in [3.05, 3.63) is 85.8 Å². The Balaban J connectivity index is 1.95. The van der Waals surface area contributed by atoms with E-state index in [9.17, 15) is 14.7 Å². The smallest absolute Gasteiger partial charge is 0.301 e. The van der Waals surface area contributed by atoms with E-state index in [-0.39, 0.29) is 11.3 Å². The number of aliphatic hydroxyl groups is 1. The molecule has 0 radical (unpaired) electrons. The minimum absolute atomic E-state index is 0.0422. The topological polar surface area (TPSA) is 70.5 Å². The van der Waals surface area contributed by atoms with Crippen molar-refractivity contribution in [3.8, 4) is 0 Å². The van der Waals surface area contributed by atoms with E-state index in [0.717, 1.165) is 8.95 Å². The highest BCUT2D eigenvalue weighted by molar-refractivity contribution is 9.10. The zero-order chi connectivity index (χ0) is 19.8. The molecule has 5 nitrogen and oxygen atoms in total. The Kier molecular flexibility index (Phi) is 5.18. The Bertz CT molecular complexity index is 1090. The van der Waals surface area contributed by atoms with Gasteiger partial charge in [0.2, 0.25) is 0 Å². The third-order valence-electron chi connectivity index (χ3n) is 4.35. The molecule has 1 aliphatic heterocycles. The number of Topliss-reactive ketones (excluding diaryl/α,β-unsaturated/α-hetero) is 1. The van der Waals surface area contributed by atoms with E-state index >= 15 is 0 Å². The van der Waals surface area contributed by atoms with Crippen molar-refractivity contribution in [2.45, 2.75) is 6.04 Å². The van der Waals surface area contributed by atoms with Crippen molar-refractivity contribution in [3.63, 3.8) is 0 Å². The van der Waals surface area contributed by atoms with Gasteiger partial charge in [0.1, 0.15) is 5.76 Å². The van der Waals surface area contributed by atoms with Crippen molar-refractivity contribution < 1.29 is 14.7 Å². The lowest BCUT2D eigenvalue weighted by Crippen LogP contribution is -2.29. The summed E-state index contributed by atoms with van der Waals surface area (Å²) in [5.74, 6) is -1.66. The molecule has 0 saturated carbocycles. The summed E-state index contributed by atoms with van der Waals surface area (Å²) in [6, 6.07) is 13.5. The number of aliphatic hydroxyl groups excluding tert-OH is 1. The number of hydrogen-bond acceptors (Lipinski definition) is 5. The minimum Gasteiger partial charge on any atom is -0.507 e. The predicted octanol–water partition coefficient (Wildman–Crippen LogP) is 5.29. The average molecular weight is 520 g/mol. The number of anilines is 1. The summed E-state index contributed by atoms with van der Waals surface area (Å²) in [7, 11) is 0. The molecule has 1 N–H and O–H groups in total. The third kappa shape index (κ3) is 3.32. The van der Waals surface area contributed by atoms with Gasteiger partial charge in [-0.25, -0.2) is 4.98 Å². The van der Waals surface area contributed by atoms with Crippen LogP contribution in [-0.4, -0.2) is 21.8 Å². The maximum Gasteiger partial charge on any atom is 0.301 e. The molecule has 0 bridgehead atoms. The number of nitrogens with zero attached hydrogens (tertiary/aromatic N) is 2. The molecule has 1 aromatic heterocycles. The Hall–Kier alpha value is -2.29.